The Labute approximate surface area is 432 Å². The molecule has 0 N–H and O–H groups in total. The number of para-hydroxylation sites is 1. The average molecular weight is 940 g/mol. The zero-order valence-corrected chi connectivity index (χ0v) is 40.7. The summed E-state index contributed by atoms with van der Waals surface area (Å²) in [4.78, 5) is 2.45. The normalized spacial score (nSPS) is 13.7. The summed E-state index contributed by atoms with van der Waals surface area (Å²) in [7, 11) is 0. The third-order valence-corrected chi connectivity index (χ3v) is 15.6. The Kier molecular flexibility index (Phi) is 10.5. The number of hydrogen-bond acceptors (Lipinski definition) is 1. The minimum atomic E-state index is -0.606. The average Bonchev–Trinajstić information content (AvgIpc) is 3.88. The maximum atomic E-state index is 2.45. The van der Waals surface area contributed by atoms with Crippen molar-refractivity contribution in [2.24, 2.45) is 0 Å². The number of rotatable bonds is 9. The lowest BCUT2D eigenvalue weighted by atomic mass is 9.67. The molecule has 14 rings (SSSR count). The molecule has 0 radical (unpaired) electrons. The Bertz CT molecular complexity index is 4090. The monoisotopic (exact) mass is 939 g/mol. The topological polar surface area (TPSA) is 3.24 Å². The fraction of sp³-hybridized carbons (Fsp3) is 0.0137. The van der Waals surface area contributed by atoms with Gasteiger partial charge in [0.25, 0.3) is 0 Å². The largest absolute Gasteiger partial charge is 0.310 e. The fourth-order valence-electron chi connectivity index (χ4n) is 12.2. The summed E-state index contributed by atoms with van der Waals surface area (Å²) >= 11 is 0. The SMILES string of the molecule is c1ccc(-c2ccc(C3(c4ccc5ccccc5c4)c4ccccc4-c4c(-c5ccccc5N(c5ccc(-c6cccc7ccccc67)cc5)c5ccc(-c6cccc7ccccc67)cc5)cccc43)cc2)cc1. The van der Waals surface area contributed by atoms with E-state index in [9.17, 15) is 0 Å². The number of nitrogens with zero attached hydrogens (tertiary/aromatic N) is 1. The lowest BCUT2D eigenvalue weighted by Gasteiger charge is -2.34. The lowest BCUT2D eigenvalue weighted by Crippen LogP contribution is -2.28. The highest BCUT2D eigenvalue weighted by Gasteiger charge is 2.47. The van der Waals surface area contributed by atoms with Gasteiger partial charge in [0, 0.05) is 16.9 Å². The third kappa shape index (κ3) is 7.08. The van der Waals surface area contributed by atoms with E-state index in [2.05, 4.69) is 302 Å². The molecule has 13 aromatic carbocycles. The molecule has 0 amide bonds. The Balaban J connectivity index is 0.973. The van der Waals surface area contributed by atoms with E-state index < -0.39 is 5.41 Å². The quantitative estimate of drug-likeness (QED) is 0.139. The van der Waals surface area contributed by atoms with Gasteiger partial charge >= 0.3 is 0 Å². The molecular formula is C73H49N. The predicted octanol–water partition coefficient (Wildman–Crippen LogP) is 19.6. The molecule has 0 heterocycles. The second-order valence-corrected chi connectivity index (χ2v) is 19.5. The summed E-state index contributed by atoms with van der Waals surface area (Å²) in [5.41, 5.74) is 19.8. The number of fused-ring (bicyclic) bond motifs is 6. The van der Waals surface area contributed by atoms with Crippen LogP contribution >= 0.6 is 0 Å². The summed E-state index contributed by atoms with van der Waals surface area (Å²) in [6.07, 6.45) is 0. The van der Waals surface area contributed by atoms with Crippen LogP contribution in [-0.4, -0.2) is 0 Å². The van der Waals surface area contributed by atoms with Crippen LogP contribution < -0.4 is 4.90 Å². The molecule has 1 heteroatoms. The van der Waals surface area contributed by atoms with Gasteiger partial charge in [0.2, 0.25) is 0 Å². The molecule has 346 valence electrons. The van der Waals surface area contributed by atoms with E-state index in [-0.39, 0.29) is 0 Å². The van der Waals surface area contributed by atoms with Crippen LogP contribution in [0.5, 0.6) is 0 Å². The molecule has 0 saturated heterocycles. The smallest absolute Gasteiger partial charge is 0.0714 e. The van der Waals surface area contributed by atoms with Gasteiger partial charge < -0.3 is 4.90 Å². The van der Waals surface area contributed by atoms with Crippen LogP contribution in [0, 0.1) is 0 Å². The van der Waals surface area contributed by atoms with Crippen molar-refractivity contribution in [3.63, 3.8) is 0 Å². The summed E-state index contributed by atoms with van der Waals surface area (Å²) in [5, 5.41) is 7.43. The highest BCUT2D eigenvalue weighted by atomic mass is 15.1. The maximum Gasteiger partial charge on any atom is 0.0714 e. The van der Waals surface area contributed by atoms with Crippen molar-refractivity contribution >= 4 is 49.4 Å². The number of hydrogen-bond donors (Lipinski definition) is 0. The molecule has 1 aliphatic carbocycles. The first-order valence-electron chi connectivity index (χ1n) is 25.7. The third-order valence-electron chi connectivity index (χ3n) is 15.6. The summed E-state index contributed by atoms with van der Waals surface area (Å²) in [6, 6.07) is 110. The highest BCUT2D eigenvalue weighted by molar-refractivity contribution is 6.02. The minimum absolute atomic E-state index is 0.606. The van der Waals surface area contributed by atoms with E-state index in [0.717, 1.165) is 22.6 Å². The minimum Gasteiger partial charge on any atom is -0.310 e. The molecule has 0 saturated carbocycles. The van der Waals surface area contributed by atoms with Crippen LogP contribution in [0.15, 0.2) is 297 Å². The molecular weight excluding hydrogens is 891 g/mol. The maximum absolute atomic E-state index is 2.45. The molecule has 0 fully saturated rings. The van der Waals surface area contributed by atoms with Crippen LogP contribution in [0.4, 0.5) is 17.1 Å². The van der Waals surface area contributed by atoms with Crippen LogP contribution in [0.25, 0.3) is 88.0 Å². The number of anilines is 3. The van der Waals surface area contributed by atoms with Crippen molar-refractivity contribution in [2.75, 3.05) is 4.90 Å². The van der Waals surface area contributed by atoms with Gasteiger partial charge in [-0.1, -0.05) is 261 Å². The first-order chi connectivity index (χ1) is 36.7. The Morgan fingerprint density at radius 3 is 1.35 bits per heavy atom. The second-order valence-electron chi connectivity index (χ2n) is 19.5. The van der Waals surface area contributed by atoms with Crippen LogP contribution in [-0.2, 0) is 5.41 Å². The van der Waals surface area contributed by atoms with Gasteiger partial charge in [0.15, 0.2) is 0 Å². The molecule has 1 nitrogen and oxygen atoms in total. The predicted molar refractivity (Wildman–Crippen MR) is 313 cm³/mol. The molecule has 0 bridgehead atoms. The molecule has 74 heavy (non-hydrogen) atoms. The number of benzene rings is 13. The van der Waals surface area contributed by atoms with Crippen LogP contribution in [0.3, 0.4) is 0 Å². The molecule has 1 aliphatic rings. The van der Waals surface area contributed by atoms with Crippen molar-refractivity contribution < 1.29 is 0 Å². The van der Waals surface area contributed by atoms with Gasteiger partial charge in [-0.2, -0.15) is 0 Å². The first-order valence-corrected chi connectivity index (χ1v) is 25.7. The standard InChI is InChI=1S/C73H49N/c1-2-17-50(18-3-1)52-35-42-58(43-36-52)73(59-44-37-51-19-4-5-22-57(51)49-59)69-32-12-10-28-68(69)72-67(31-16-33-70(72)73)66-27-11-13-34-71(66)74(60-45-38-55(39-46-60)64-29-14-23-53-20-6-8-25-62(53)64)61-47-40-56(41-48-61)65-30-15-24-54-21-7-9-26-63(54)65/h1-49H. The zero-order chi connectivity index (χ0) is 49.0. The lowest BCUT2D eigenvalue weighted by molar-refractivity contribution is 0.770. The molecule has 0 spiro atoms. The van der Waals surface area contributed by atoms with Crippen molar-refractivity contribution in [2.45, 2.75) is 5.41 Å². The van der Waals surface area contributed by atoms with Gasteiger partial charge in [-0.15, -0.1) is 0 Å². The molecule has 1 atom stereocenters. The van der Waals surface area contributed by atoms with Crippen molar-refractivity contribution in [1.29, 1.82) is 0 Å². The van der Waals surface area contributed by atoms with E-state index >= 15 is 0 Å². The second kappa shape index (κ2) is 17.9. The highest BCUT2D eigenvalue weighted by Crippen LogP contribution is 2.59. The van der Waals surface area contributed by atoms with Crippen LogP contribution in [0.1, 0.15) is 22.3 Å². The summed E-state index contributed by atoms with van der Waals surface area (Å²) < 4.78 is 0. The van der Waals surface area contributed by atoms with E-state index in [1.165, 1.54) is 105 Å². The van der Waals surface area contributed by atoms with E-state index in [1.54, 1.807) is 0 Å². The zero-order valence-electron chi connectivity index (χ0n) is 40.7. The van der Waals surface area contributed by atoms with E-state index in [0.29, 0.717) is 0 Å². The first kappa shape index (κ1) is 43.2. The van der Waals surface area contributed by atoms with Crippen LogP contribution in [0.2, 0.25) is 0 Å². The Hall–Kier alpha value is -9.56. The Morgan fingerprint density at radius 2 is 0.689 bits per heavy atom. The summed E-state index contributed by atoms with van der Waals surface area (Å²) in [6.45, 7) is 0. The van der Waals surface area contributed by atoms with Gasteiger partial charge in [0.1, 0.15) is 0 Å². The van der Waals surface area contributed by atoms with E-state index in [1.807, 2.05) is 0 Å². The van der Waals surface area contributed by atoms with Gasteiger partial charge in [-0.3, -0.25) is 0 Å². The summed E-state index contributed by atoms with van der Waals surface area (Å²) in [5.74, 6) is 0. The van der Waals surface area contributed by atoms with Gasteiger partial charge in [0.05, 0.1) is 11.1 Å². The molecule has 13 aromatic rings. The molecule has 1 unspecified atom stereocenters. The van der Waals surface area contributed by atoms with Crippen molar-refractivity contribution in [3.8, 4) is 55.6 Å². The van der Waals surface area contributed by atoms with E-state index in [4.69, 9.17) is 0 Å². The van der Waals surface area contributed by atoms with Gasteiger partial charge in [-0.05, 0) is 141 Å². The Morgan fingerprint density at radius 1 is 0.243 bits per heavy atom. The molecule has 0 aromatic heterocycles. The molecule has 0 aliphatic heterocycles. The van der Waals surface area contributed by atoms with Crippen molar-refractivity contribution in [1.82, 2.24) is 0 Å². The fourth-order valence-corrected chi connectivity index (χ4v) is 12.2. The van der Waals surface area contributed by atoms with Crippen molar-refractivity contribution in [3.05, 3.63) is 320 Å². The van der Waals surface area contributed by atoms with Gasteiger partial charge in [-0.25, -0.2) is 0 Å².